The smallest absolute Gasteiger partial charge is 0.247 e. The molecule has 0 bridgehead atoms. The predicted molar refractivity (Wildman–Crippen MR) is 120 cm³/mol. The molecule has 1 saturated heterocycles. The molecule has 1 saturated carbocycles. The Bertz CT molecular complexity index is 929. The standard InChI is InChI=1S/C23H34N6O4/c1-3-7-19(23(31)24-14-18-10-6-13-32-18)29(17-8-4-5-9-17)21(30)15-28-26-22(25-27-28)20-12-11-16(2)33-20/h11-12,17-19H,3-10,13-15H2,1-2H3,(H,24,31)/t18-,19-/m1/s1. The summed E-state index contributed by atoms with van der Waals surface area (Å²) in [4.78, 5) is 29.8. The number of nitrogens with zero attached hydrogens (tertiary/aromatic N) is 5. The molecule has 2 aliphatic rings. The molecule has 3 heterocycles. The zero-order valence-corrected chi connectivity index (χ0v) is 19.5. The molecule has 1 aliphatic carbocycles. The van der Waals surface area contributed by atoms with Crippen LogP contribution in [0.15, 0.2) is 16.5 Å². The molecule has 1 aliphatic heterocycles. The Labute approximate surface area is 194 Å². The summed E-state index contributed by atoms with van der Waals surface area (Å²) < 4.78 is 11.2. The number of amides is 2. The first-order valence-corrected chi connectivity index (χ1v) is 12.1. The number of ether oxygens (including phenoxy) is 1. The lowest BCUT2D eigenvalue weighted by molar-refractivity contribution is -0.144. The van der Waals surface area contributed by atoms with Crippen LogP contribution in [-0.2, 0) is 20.9 Å². The van der Waals surface area contributed by atoms with Gasteiger partial charge in [-0.25, -0.2) is 0 Å². The van der Waals surface area contributed by atoms with E-state index in [9.17, 15) is 9.59 Å². The Kier molecular flexibility index (Phi) is 7.74. The maximum Gasteiger partial charge on any atom is 0.247 e. The molecule has 180 valence electrons. The first-order valence-electron chi connectivity index (χ1n) is 12.1. The van der Waals surface area contributed by atoms with Gasteiger partial charge in [0.1, 0.15) is 18.3 Å². The lowest BCUT2D eigenvalue weighted by Crippen LogP contribution is -2.55. The van der Waals surface area contributed by atoms with Gasteiger partial charge in [0.15, 0.2) is 5.76 Å². The monoisotopic (exact) mass is 458 g/mol. The van der Waals surface area contributed by atoms with E-state index in [-0.39, 0.29) is 30.5 Å². The zero-order chi connectivity index (χ0) is 23.2. The number of aryl methyl sites for hydroxylation is 1. The molecule has 33 heavy (non-hydrogen) atoms. The topological polar surface area (TPSA) is 115 Å². The van der Waals surface area contributed by atoms with Gasteiger partial charge >= 0.3 is 0 Å². The van der Waals surface area contributed by atoms with Crippen LogP contribution < -0.4 is 5.32 Å². The van der Waals surface area contributed by atoms with Crippen LogP contribution in [0.25, 0.3) is 11.6 Å². The van der Waals surface area contributed by atoms with Crippen molar-refractivity contribution in [3.8, 4) is 11.6 Å². The van der Waals surface area contributed by atoms with E-state index in [1.54, 1.807) is 11.0 Å². The van der Waals surface area contributed by atoms with E-state index in [0.29, 0.717) is 24.6 Å². The fourth-order valence-electron chi connectivity index (χ4n) is 4.79. The highest BCUT2D eigenvalue weighted by molar-refractivity contribution is 5.87. The molecule has 10 heteroatoms. The molecule has 10 nitrogen and oxygen atoms in total. The number of nitrogens with one attached hydrogen (secondary N) is 1. The second-order valence-corrected chi connectivity index (χ2v) is 8.98. The van der Waals surface area contributed by atoms with Crippen LogP contribution in [0.2, 0.25) is 0 Å². The van der Waals surface area contributed by atoms with Crippen molar-refractivity contribution in [1.82, 2.24) is 30.4 Å². The number of tetrazole rings is 1. The van der Waals surface area contributed by atoms with Gasteiger partial charge in [-0.2, -0.15) is 4.80 Å². The van der Waals surface area contributed by atoms with E-state index < -0.39 is 6.04 Å². The summed E-state index contributed by atoms with van der Waals surface area (Å²) >= 11 is 0. The van der Waals surface area contributed by atoms with Gasteiger partial charge in [-0.15, -0.1) is 10.2 Å². The number of hydrogen-bond acceptors (Lipinski definition) is 7. The average Bonchev–Trinajstić information content (AvgIpc) is 3.60. The van der Waals surface area contributed by atoms with Crippen molar-refractivity contribution in [3.05, 3.63) is 17.9 Å². The lowest BCUT2D eigenvalue weighted by Gasteiger charge is -2.36. The Balaban J connectivity index is 1.47. The number of carbonyl (C=O) groups is 2. The average molecular weight is 459 g/mol. The molecule has 4 rings (SSSR count). The van der Waals surface area contributed by atoms with Crippen LogP contribution >= 0.6 is 0 Å². The maximum atomic E-state index is 13.5. The minimum atomic E-state index is -0.511. The molecular weight excluding hydrogens is 424 g/mol. The number of carbonyl (C=O) groups excluding carboxylic acids is 2. The van der Waals surface area contributed by atoms with Gasteiger partial charge in [-0.3, -0.25) is 9.59 Å². The molecule has 2 atom stereocenters. The minimum Gasteiger partial charge on any atom is -0.458 e. The maximum absolute atomic E-state index is 13.5. The van der Waals surface area contributed by atoms with E-state index in [1.165, 1.54) is 4.80 Å². The van der Waals surface area contributed by atoms with Crippen LogP contribution in [0, 0.1) is 6.92 Å². The van der Waals surface area contributed by atoms with E-state index >= 15 is 0 Å². The largest absolute Gasteiger partial charge is 0.458 e. The van der Waals surface area contributed by atoms with Gasteiger partial charge in [0.25, 0.3) is 0 Å². The molecular formula is C23H34N6O4. The van der Waals surface area contributed by atoms with Crippen LogP contribution in [0.4, 0.5) is 0 Å². The summed E-state index contributed by atoms with van der Waals surface area (Å²) in [6.45, 7) is 5.05. The number of aromatic nitrogens is 4. The van der Waals surface area contributed by atoms with Crippen molar-refractivity contribution >= 4 is 11.8 Å². The summed E-state index contributed by atoms with van der Waals surface area (Å²) in [5.41, 5.74) is 0. The molecule has 1 N–H and O–H groups in total. The second kappa shape index (κ2) is 10.9. The third-order valence-electron chi connectivity index (χ3n) is 6.42. The Hall–Kier alpha value is -2.75. The lowest BCUT2D eigenvalue weighted by atomic mass is 10.0. The molecule has 0 unspecified atom stereocenters. The minimum absolute atomic E-state index is 0.0539. The highest BCUT2D eigenvalue weighted by atomic mass is 16.5. The van der Waals surface area contributed by atoms with Crippen molar-refractivity contribution in [2.24, 2.45) is 0 Å². The van der Waals surface area contributed by atoms with Crippen molar-refractivity contribution in [3.63, 3.8) is 0 Å². The Morgan fingerprint density at radius 3 is 2.73 bits per heavy atom. The summed E-state index contributed by atoms with van der Waals surface area (Å²) in [6.07, 6.45) is 7.41. The summed E-state index contributed by atoms with van der Waals surface area (Å²) in [6, 6.07) is 3.15. The van der Waals surface area contributed by atoms with Gasteiger partial charge in [-0.05, 0) is 56.4 Å². The third kappa shape index (κ3) is 5.79. The van der Waals surface area contributed by atoms with Crippen LogP contribution in [0.1, 0.15) is 64.1 Å². The van der Waals surface area contributed by atoms with Crippen molar-refractivity contribution in [2.45, 2.75) is 89.9 Å². The van der Waals surface area contributed by atoms with Crippen LogP contribution in [0.5, 0.6) is 0 Å². The first kappa shape index (κ1) is 23.4. The van der Waals surface area contributed by atoms with Crippen LogP contribution in [-0.4, -0.2) is 68.3 Å². The molecule has 2 fully saturated rings. The van der Waals surface area contributed by atoms with E-state index in [2.05, 4.69) is 20.7 Å². The summed E-state index contributed by atoms with van der Waals surface area (Å²) in [5.74, 6) is 1.33. The Morgan fingerprint density at radius 1 is 1.24 bits per heavy atom. The first-order chi connectivity index (χ1) is 16.0. The number of furan rings is 1. The third-order valence-corrected chi connectivity index (χ3v) is 6.42. The van der Waals surface area contributed by atoms with Crippen molar-refractivity contribution in [2.75, 3.05) is 13.2 Å². The van der Waals surface area contributed by atoms with Gasteiger partial charge in [0.2, 0.25) is 17.6 Å². The summed E-state index contributed by atoms with van der Waals surface area (Å²) in [5, 5.41) is 15.4. The van der Waals surface area contributed by atoms with Crippen molar-refractivity contribution < 1.29 is 18.7 Å². The second-order valence-electron chi connectivity index (χ2n) is 8.98. The molecule has 2 aromatic heterocycles. The predicted octanol–water partition coefficient (Wildman–Crippen LogP) is 2.48. The SMILES string of the molecule is CCC[C@H](C(=O)NC[C@H]1CCCO1)N(C(=O)Cn1nnc(-c2ccc(C)o2)n1)C1CCCC1. The fourth-order valence-corrected chi connectivity index (χ4v) is 4.79. The van der Waals surface area contributed by atoms with Gasteiger partial charge in [0, 0.05) is 19.2 Å². The molecule has 0 spiro atoms. The highest BCUT2D eigenvalue weighted by Crippen LogP contribution is 2.27. The Morgan fingerprint density at radius 2 is 2.06 bits per heavy atom. The van der Waals surface area contributed by atoms with Gasteiger partial charge < -0.3 is 19.4 Å². The van der Waals surface area contributed by atoms with Gasteiger partial charge in [-0.1, -0.05) is 26.2 Å². The van der Waals surface area contributed by atoms with E-state index in [0.717, 1.165) is 57.3 Å². The normalized spacial score (nSPS) is 19.6. The molecule has 2 amide bonds. The number of hydrogen-bond donors (Lipinski definition) is 1. The highest BCUT2D eigenvalue weighted by Gasteiger charge is 2.36. The van der Waals surface area contributed by atoms with Crippen molar-refractivity contribution in [1.29, 1.82) is 0 Å². The fraction of sp³-hybridized carbons (Fsp3) is 0.696. The van der Waals surface area contributed by atoms with Gasteiger partial charge in [0.05, 0.1) is 6.10 Å². The van der Waals surface area contributed by atoms with E-state index in [4.69, 9.17) is 9.15 Å². The molecule has 0 radical (unpaired) electrons. The zero-order valence-electron chi connectivity index (χ0n) is 19.5. The van der Waals surface area contributed by atoms with Crippen LogP contribution in [0.3, 0.4) is 0 Å². The van der Waals surface area contributed by atoms with E-state index in [1.807, 2.05) is 19.9 Å². The molecule has 2 aromatic rings. The summed E-state index contributed by atoms with van der Waals surface area (Å²) in [7, 11) is 0. The quantitative estimate of drug-likeness (QED) is 0.581. The number of rotatable bonds is 10. The molecule has 0 aromatic carbocycles.